The molecule has 3 rings (SSSR count). The fraction of sp³-hybridized carbons (Fsp3) is 0.333. The lowest BCUT2D eigenvalue weighted by atomic mass is 10.2. The van der Waals surface area contributed by atoms with Crippen molar-refractivity contribution in [2.75, 3.05) is 13.2 Å². The number of carbonyl (C=O) groups is 1. The molecule has 0 spiro atoms. The summed E-state index contributed by atoms with van der Waals surface area (Å²) < 4.78 is 11.5. The van der Waals surface area contributed by atoms with Crippen LogP contribution in [0.4, 0.5) is 0 Å². The maximum atomic E-state index is 12.4. The number of nitrogens with zero attached hydrogens (tertiary/aromatic N) is 1. The molecule has 3 N–H and O–H groups in total. The van der Waals surface area contributed by atoms with Gasteiger partial charge < -0.3 is 20.2 Å². The number of aromatic nitrogens is 1. The number of amides is 1. The van der Waals surface area contributed by atoms with Crippen molar-refractivity contribution >= 4 is 40.6 Å². The number of hydrogen-bond donors (Lipinski definition) is 2. The first-order chi connectivity index (χ1) is 12.1. The van der Waals surface area contributed by atoms with E-state index in [4.69, 9.17) is 14.9 Å². The van der Waals surface area contributed by atoms with Crippen LogP contribution in [-0.4, -0.2) is 24.0 Å². The zero-order valence-electron chi connectivity index (χ0n) is 14.7. The van der Waals surface area contributed by atoms with Crippen LogP contribution in [0.3, 0.4) is 0 Å². The Morgan fingerprint density at radius 2 is 2.27 bits per heavy atom. The number of benzene rings is 1. The molecule has 2 heterocycles. The molecule has 3 aromatic rings. The predicted molar refractivity (Wildman–Crippen MR) is 105 cm³/mol. The molecule has 140 valence electrons. The van der Waals surface area contributed by atoms with Gasteiger partial charge >= 0.3 is 0 Å². The summed E-state index contributed by atoms with van der Waals surface area (Å²) in [5.41, 5.74) is 6.62. The van der Waals surface area contributed by atoms with E-state index in [-0.39, 0.29) is 24.4 Å². The molecule has 1 atom stereocenters. The maximum absolute atomic E-state index is 12.4. The van der Waals surface area contributed by atoms with Gasteiger partial charge in [0.15, 0.2) is 11.3 Å². The van der Waals surface area contributed by atoms with E-state index in [9.17, 15) is 4.79 Å². The smallest absolute Gasteiger partial charge is 0.271 e. The topological polar surface area (TPSA) is 90.4 Å². The van der Waals surface area contributed by atoms with E-state index in [2.05, 4.69) is 10.3 Å². The average Bonchev–Trinajstić information content (AvgIpc) is 3.23. The second-order valence-corrected chi connectivity index (χ2v) is 6.56. The molecule has 0 aliphatic rings. The lowest BCUT2D eigenvalue weighted by Gasteiger charge is -2.10. The molecule has 0 aliphatic carbocycles. The molecule has 0 bridgehead atoms. The van der Waals surface area contributed by atoms with E-state index in [0.717, 1.165) is 10.4 Å². The molecule has 6 nitrogen and oxygen atoms in total. The Kier molecular flexibility index (Phi) is 7.02. The van der Waals surface area contributed by atoms with Gasteiger partial charge in [-0.3, -0.25) is 4.79 Å². The summed E-state index contributed by atoms with van der Waals surface area (Å²) in [7, 11) is 0. The van der Waals surface area contributed by atoms with Gasteiger partial charge in [-0.05, 0) is 32.5 Å². The first-order valence-electron chi connectivity index (χ1n) is 8.23. The molecule has 1 unspecified atom stereocenters. The normalized spacial score (nSPS) is 11.8. The number of thiazole rings is 1. The van der Waals surface area contributed by atoms with Crippen LogP contribution in [0, 0.1) is 0 Å². The van der Waals surface area contributed by atoms with E-state index in [1.807, 2.05) is 38.1 Å². The third-order valence-corrected chi connectivity index (χ3v) is 4.65. The van der Waals surface area contributed by atoms with Crippen LogP contribution in [0.2, 0.25) is 0 Å². The van der Waals surface area contributed by atoms with Crippen molar-refractivity contribution in [1.82, 2.24) is 10.3 Å². The quantitative estimate of drug-likeness (QED) is 0.636. The van der Waals surface area contributed by atoms with Crippen molar-refractivity contribution in [3.63, 3.8) is 0 Å². The van der Waals surface area contributed by atoms with Gasteiger partial charge in [-0.25, -0.2) is 4.98 Å². The maximum Gasteiger partial charge on any atom is 0.271 e. The minimum absolute atomic E-state index is 0. The number of halogens is 1. The Labute approximate surface area is 162 Å². The van der Waals surface area contributed by atoms with Crippen LogP contribution in [0.1, 0.15) is 41.1 Å². The van der Waals surface area contributed by atoms with Gasteiger partial charge in [0.05, 0.1) is 17.7 Å². The first-order valence-corrected chi connectivity index (χ1v) is 9.11. The van der Waals surface area contributed by atoms with E-state index < -0.39 is 0 Å². The van der Waals surface area contributed by atoms with Gasteiger partial charge in [0.2, 0.25) is 0 Å². The van der Waals surface area contributed by atoms with Gasteiger partial charge in [-0.2, -0.15) is 0 Å². The largest absolute Gasteiger partial charge is 0.490 e. The molecule has 2 aromatic heterocycles. The van der Waals surface area contributed by atoms with Crippen molar-refractivity contribution in [1.29, 1.82) is 0 Å². The minimum atomic E-state index is -0.283. The zero-order valence-corrected chi connectivity index (χ0v) is 16.3. The zero-order chi connectivity index (χ0) is 17.8. The molecule has 8 heteroatoms. The SMILES string of the molecule is CCOc1cccc2cc(C(C)NC(=O)c3csc(CCN)n3)oc12.Cl. The first kappa shape index (κ1) is 20.2. The Bertz CT molecular complexity index is 878. The van der Waals surface area contributed by atoms with Crippen molar-refractivity contribution in [3.05, 3.63) is 46.1 Å². The Morgan fingerprint density at radius 3 is 3.00 bits per heavy atom. The molecule has 1 aromatic carbocycles. The number of ether oxygens (including phenoxy) is 1. The van der Waals surface area contributed by atoms with Crippen LogP contribution in [0.15, 0.2) is 34.1 Å². The molecular formula is C18H22ClN3O3S. The Morgan fingerprint density at radius 1 is 1.46 bits per heavy atom. The highest BCUT2D eigenvalue weighted by Crippen LogP contribution is 2.31. The molecule has 1 amide bonds. The molecule has 0 radical (unpaired) electrons. The van der Waals surface area contributed by atoms with Gasteiger partial charge in [0.25, 0.3) is 5.91 Å². The highest BCUT2D eigenvalue weighted by molar-refractivity contribution is 7.09. The number of nitrogens with two attached hydrogens (primary N) is 1. The highest BCUT2D eigenvalue weighted by atomic mass is 35.5. The lowest BCUT2D eigenvalue weighted by Crippen LogP contribution is -2.26. The van der Waals surface area contributed by atoms with Crippen molar-refractivity contribution in [2.24, 2.45) is 5.73 Å². The summed E-state index contributed by atoms with van der Waals surface area (Å²) in [6.45, 7) is 4.89. The van der Waals surface area contributed by atoms with Gasteiger partial charge in [-0.15, -0.1) is 23.7 Å². The van der Waals surface area contributed by atoms with Crippen molar-refractivity contribution in [2.45, 2.75) is 26.3 Å². The number of carbonyl (C=O) groups excluding carboxylic acids is 1. The average molecular weight is 396 g/mol. The summed E-state index contributed by atoms with van der Waals surface area (Å²) in [5, 5.41) is 6.48. The third-order valence-electron chi connectivity index (χ3n) is 3.74. The summed E-state index contributed by atoms with van der Waals surface area (Å²) in [4.78, 5) is 16.7. The summed E-state index contributed by atoms with van der Waals surface area (Å²) >= 11 is 1.44. The van der Waals surface area contributed by atoms with Gasteiger partial charge in [0, 0.05) is 17.2 Å². The van der Waals surface area contributed by atoms with Crippen LogP contribution >= 0.6 is 23.7 Å². The molecule has 0 fully saturated rings. The Hall–Kier alpha value is -2.09. The molecule has 26 heavy (non-hydrogen) atoms. The Balaban J connectivity index is 0.00000243. The number of para-hydroxylation sites is 1. The summed E-state index contributed by atoms with van der Waals surface area (Å²) in [5.74, 6) is 1.15. The summed E-state index contributed by atoms with van der Waals surface area (Å²) in [6.07, 6.45) is 0.678. The second kappa shape index (κ2) is 9.02. The van der Waals surface area contributed by atoms with Crippen LogP contribution < -0.4 is 15.8 Å². The fourth-order valence-corrected chi connectivity index (χ4v) is 3.33. The third kappa shape index (κ3) is 4.35. The van der Waals surface area contributed by atoms with Crippen LogP contribution in [0.5, 0.6) is 5.75 Å². The molecule has 0 saturated heterocycles. The standard InChI is InChI=1S/C18H21N3O3S.ClH/c1-3-23-14-6-4-5-12-9-15(24-17(12)14)11(2)20-18(22)13-10-25-16(21-13)7-8-19;/h4-6,9-11H,3,7-8,19H2,1-2H3,(H,20,22);1H. The van der Waals surface area contributed by atoms with Crippen LogP contribution in [0.25, 0.3) is 11.0 Å². The van der Waals surface area contributed by atoms with E-state index in [1.54, 1.807) is 5.38 Å². The van der Waals surface area contributed by atoms with E-state index in [1.165, 1.54) is 11.3 Å². The van der Waals surface area contributed by atoms with Crippen LogP contribution in [-0.2, 0) is 6.42 Å². The highest BCUT2D eigenvalue weighted by Gasteiger charge is 2.18. The number of nitrogens with one attached hydrogen (secondary N) is 1. The molecule has 0 saturated carbocycles. The number of fused-ring (bicyclic) bond motifs is 1. The lowest BCUT2D eigenvalue weighted by molar-refractivity contribution is 0.0931. The minimum Gasteiger partial charge on any atom is -0.490 e. The molecule has 0 aliphatic heterocycles. The van der Waals surface area contributed by atoms with Gasteiger partial charge in [0.1, 0.15) is 11.5 Å². The van der Waals surface area contributed by atoms with Crippen molar-refractivity contribution < 1.29 is 13.9 Å². The number of hydrogen-bond acceptors (Lipinski definition) is 6. The van der Waals surface area contributed by atoms with Crippen molar-refractivity contribution in [3.8, 4) is 5.75 Å². The summed E-state index contributed by atoms with van der Waals surface area (Å²) in [6, 6.07) is 7.39. The number of furan rings is 1. The van der Waals surface area contributed by atoms with E-state index in [0.29, 0.717) is 42.4 Å². The number of rotatable bonds is 7. The predicted octanol–water partition coefficient (Wildman–Crippen LogP) is 3.70. The van der Waals surface area contributed by atoms with Gasteiger partial charge in [-0.1, -0.05) is 12.1 Å². The molecular weight excluding hydrogens is 374 g/mol. The fourth-order valence-electron chi connectivity index (χ4n) is 2.53. The van der Waals surface area contributed by atoms with E-state index >= 15 is 0 Å². The second-order valence-electron chi connectivity index (χ2n) is 5.62. The monoisotopic (exact) mass is 395 g/mol.